The van der Waals surface area contributed by atoms with Gasteiger partial charge < -0.3 is 15.2 Å². The van der Waals surface area contributed by atoms with E-state index in [0.29, 0.717) is 5.00 Å². The molecule has 2 N–H and O–H groups in total. The van der Waals surface area contributed by atoms with E-state index in [1.807, 2.05) is 20.8 Å². The Morgan fingerprint density at radius 2 is 2.17 bits per heavy atom. The van der Waals surface area contributed by atoms with Crippen LogP contribution in [0.5, 0.6) is 0 Å². The number of aromatic carboxylic acids is 1. The second-order valence-electron chi connectivity index (χ2n) is 4.02. The number of nitrogens with one attached hydrogen (secondary N) is 1. The third kappa shape index (κ3) is 4.12. The van der Waals surface area contributed by atoms with Gasteiger partial charge in [-0.25, -0.2) is 4.79 Å². The van der Waals surface area contributed by atoms with Crippen molar-refractivity contribution in [1.29, 1.82) is 0 Å². The van der Waals surface area contributed by atoms with Gasteiger partial charge in [-0.2, -0.15) is 0 Å². The van der Waals surface area contributed by atoms with Crippen LogP contribution in [-0.2, 0) is 16.0 Å². The van der Waals surface area contributed by atoms with E-state index in [-0.39, 0.29) is 24.2 Å². The Labute approximate surface area is 110 Å². The number of carboxylic acids is 1. The van der Waals surface area contributed by atoms with Gasteiger partial charge in [0.1, 0.15) is 11.6 Å². The second kappa shape index (κ2) is 6.51. The molecule has 0 radical (unpaired) electrons. The molecule has 1 heterocycles. The van der Waals surface area contributed by atoms with Gasteiger partial charge in [-0.3, -0.25) is 4.79 Å². The van der Waals surface area contributed by atoms with Gasteiger partial charge in [0.25, 0.3) is 5.91 Å². The minimum absolute atomic E-state index is 0.0377. The summed E-state index contributed by atoms with van der Waals surface area (Å²) in [5.41, 5.74) is 0.134. The number of rotatable bonds is 6. The highest BCUT2D eigenvalue weighted by Crippen LogP contribution is 2.28. The van der Waals surface area contributed by atoms with Crippen molar-refractivity contribution in [3.05, 3.63) is 16.5 Å². The molecule has 0 aliphatic heterocycles. The fourth-order valence-corrected chi connectivity index (χ4v) is 2.28. The third-order valence-electron chi connectivity index (χ3n) is 2.16. The van der Waals surface area contributed by atoms with Gasteiger partial charge >= 0.3 is 5.97 Å². The zero-order valence-corrected chi connectivity index (χ0v) is 11.5. The van der Waals surface area contributed by atoms with E-state index in [1.54, 1.807) is 6.07 Å². The van der Waals surface area contributed by atoms with Gasteiger partial charge in [-0.15, -0.1) is 11.3 Å². The summed E-state index contributed by atoms with van der Waals surface area (Å²) >= 11 is 1.28. The Balaban J connectivity index is 2.73. The van der Waals surface area contributed by atoms with Gasteiger partial charge in [0.15, 0.2) is 0 Å². The molecule has 100 valence electrons. The highest BCUT2D eigenvalue weighted by molar-refractivity contribution is 7.16. The first-order valence-electron chi connectivity index (χ1n) is 5.71. The minimum atomic E-state index is -1.04. The van der Waals surface area contributed by atoms with E-state index in [4.69, 9.17) is 9.84 Å². The number of carbonyl (C=O) groups excluding carboxylic acids is 1. The lowest BCUT2D eigenvalue weighted by molar-refractivity contribution is -0.121. The number of aryl methyl sites for hydroxylation is 1. The van der Waals surface area contributed by atoms with Crippen molar-refractivity contribution < 1.29 is 19.4 Å². The largest absolute Gasteiger partial charge is 0.478 e. The third-order valence-corrected chi connectivity index (χ3v) is 3.36. The van der Waals surface area contributed by atoms with Gasteiger partial charge in [-0.05, 0) is 26.3 Å². The number of carbonyl (C=O) groups is 2. The first-order valence-corrected chi connectivity index (χ1v) is 6.53. The maximum absolute atomic E-state index is 11.6. The summed E-state index contributed by atoms with van der Waals surface area (Å²) in [7, 11) is 0. The molecule has 0 unspecified atom stereocenters. The van der Waals surface area contributed by atoms with E-state index in [0.717, 1.165) is 11.3 Å². The monoisotopic (exact) mass is 271 g/mol. The summed E-state index contributed by atoms with van der Waals surface area (Å²) in [6.45, 7) is 5.52. The molecule has 18 heavy (non-hydrogen) atoms. The Hall–Kier alpha value is -1.40. The molecule has 0 aliphatic carbocycles. The van der Waals surface area contributed by atoms with Crippen molar-refractivity contribution >= 4 is 28.2 Å². The predicted octanol–water partition coefficient (Wildman–Crippen LogP) is 2.37. The molecule has 0 saturated heterocycles. The van der Waals surface area contributed by atoms with E-state index in [1.165, 1.54) is 11.3 Å². The summed E-state index contributed by atoms with van der Waals surface area (Å²) in [5.74, 6) is -1.37. The SMILES string of the molecule is CCc1cc(C(=O)O)c(NC(=O)COC(C)C)s1. The standard InChI is InChI=1S/C12H17NO4S/c1-4-8-5-9(12(15)16)11(18-8)13-10(14)6-17-7(2)3/h5,7H,4,6H2,1-3H3,(H,13,14)(H,15,16). The maximum Gasteiger partial charge on any atom is 0.338 e. The number of hydrogen-bond acceptors (Lipinski definition) is 4. The smallest absolute Gasteiger partial charge is 0.338 e. The van der Waals surface area contributed by atoms with Crippen LogP contribution in [0.1, 0.15) is 36.0 Å². The van der Waals surface area contributed by atoms with Crippen LogP contribution in [0, 0.1) is 0 Å². The molecule has 1 aromatic rings. The second-order valence-corrected chi connectivity index (χ2v) is 5.16. The number of thiophene rings is 1. The van der Waals surface area contributed by atoms with Crippen LogP contribution in [0.15, 0.2) is 6.07 Å². The van der Waals surface area contributed by atoms with Crippen LogP contribution in [0.2, 0.25) is 0 Å². The van der Waals surface area contributed by atoms with Crippen molar-refractivity contribution in [3.63, 3.8) is 0 Å². The zero-order valence-electron chi connectivity index (χ0n) is 10.6. The van der Waals surface area contributed by atoms with Gasteiger partial charge in [0.05, 0.1) is 11.7 Å². The fourth-order valence-electron chi connectivity index (χ4n) is 1.27. The van der Waals surface area contributed by atoms with Crippen molar-refractivity contribution in [2.24, 2.45) is 0 Å². The minimum Gasteiger partial charge on any atom is -0.478 e. The molecule has 1 rings (SSSR count). The zero-order chi connectivity index (χ0) is 13.7. The van der Waals surface area contributed by atoms with E-state index < -0.39 is 5.97 Å². The lowest BCUT2D eigenvalue weighted by Crippen LogP contribution is -2.21. The van der Waals surface area contributed by atoms with Crippen LogP contribution < -0.4 is 5.32 Å². The van der Waals surface area contributed by atoms with Crippen molar-refractivity contribution in [2.75, 3.05) is 11.9 Å². The van der Waals surface area contributed by atoms with Gasteiger partial charge in [0.2, 0.25) is 0 Å². The Kier molecular flexibility index (Phi) is 5.30. The highest BCUT2D eigenvalue weighted by Gasteiger charge is 2.16. The molecule has 0 aliphatic rings. The van der Waals surface area contributed by atoms with E-state index >= 15 is 0 Å². The van der Waals surface area contributed by atoms with Gasteiger partial charge in [0, 0.05) is 4.88 Å². The number of amides is 1. The van der Waals surface area contributed by atoms with Crippen LogP contribution in [0.3, 0.4) is 0 Å². The summed E-state index contributed by atoms with van der Waals surface area (Å²) in [5, 5.41) is 12.0. The molecule has 0 fully saturated rings. The van der Waals surface area contributed by atoms with Crippen LogP contribution in [0.25, 0.3) is 0 Å². The fraction of sp³-hybridized carbons (Fsp3) is 0.500. The Morgan fingerprint density at radius 3 is 2.67 bits per heavy atom. The Bertz CT molecular complexity index is 439. The first-order chi connectivity index (χ1) is 8.43. The lowest BCUT2D eigenvalue weighted by atomic mass is 10.2. The molecule has 1 amide bonds. The summed E-state index contributed by atoms with van der Waals surface area (Å²) in [4.78, 5) is 23.5. The van der Waals surface area contributed by atoms with Crippen LogP contribution in [-0.4, -0.2) is 29.7 Å². The molecule has 0 bridgehead atoms. The average molecular weight is 271 g/mol. The number of carboxylic acid groups (broad SMARTS) is 1. The van der Waals surface area contributed by atoms with E-state index in [2.05, 4.69) is 5.32 Å². The van der Waals surface area contributed by atoms with Crippen molar-refractivity contribution in [2.45, 2.75) is 33.3 Å². The molecule has 0 spiro atoms. The normalized spacial score (nSPS) is 10.7. The molecular formula is C12H17NO4S. The summed E-state index contributed by atoms with van der Waals surface area (Å²) in [6.07, 6.45) is 0.702. The topological polar surface area (TPSA) is 75.6 Å². The number of anilines is 1. The Morgan fingerprint density at radius 1 is 1.50 bits per heavy atom. The lowest BCUT2D eigenvalue weighted by Gasteiger charge is -2.07. The first kappa shape index (κ1) is 14.7. The molecular weight excluding hydrogens is 254 g/mol. The number of hydrogen-bond donors (Lipinski definition) is 2. The van der Waals surface area contributed by atoms with Crippen molar-refractivity contribution in [3.8, 4) is 0 Å². The van der Waals surface area contributed by atoms with Gasteiger partial charge in [-0.1, -0.05) is 6.92 Å². The highest BCUT2D eigenvalue weighted by atomic mass is 32.1. The average Bonchev–Trinajstić information content (AvgIpc) is 2.69. The summed E-state index contributed by atoms with van der Waals surface area (Å²) in [6, 6.07) is 1.59. The molecule has 0 saturated carbocycles. The predicted molar refractivity (Wildman–Crippen MR) is 70.4 cm³/mol. The van der Waals surface area contributed by atoms with Crippen LogP contribution in [0.4, 0.5) is 5.00 Å². The molecule has 5 nitrogen and oxygen atoms in total. The number of ether oxygens (including phenoxy) is 1. The molecule has 1 aromatic heterocycles. The van der Waals surface area contributed by atoms with Crippen molar-refractivity contribution in [1.82, 2.24) is 0 Å². The summed E-state index contributed by atoms with van der Waals surface area (Å²) < 4.78 is 5.15. The molecule has 0 aromatic carbocycles. The van der Waals surface area contributed by atoms with E-state index in [9.17, 15) is 9.59 Å². The van der Waals surface area contributed by atoms with Crippen LogP contribution >= 0.6 is 11.3 Å². The quantitative estimate of drug-likeness (QED) is 0.833. The maximum atomic E-state index is 11.6. The molecule has 0 atom stereocenters. The molecule has 6 heteroatoms.